The van der Waals surface area contributed by atoms with E-state index >= 15 is 0 Å². The number of nitrogens with zero attached hydrogens (tertiary/aromatic N) is 1. The van der Waals surface area contributed by atoms with Crippen LogP contribution in [0.5, 0.6) is 0 Å². The SMILES string of the molecule is CC(C)(C)[Si](N=S(C)(C)=O)(c1ccccc1)c1ccccc1. The van der Waals surface area contributed by atoms with Crippen molar-refractivity contribution in [3.8, 4) is 0 Å². The fourth-order valence-electron chi connectivity index (χ4n) is 2.96. The quantitative estimate of drug-likeness (QED) is 0.794. The van der Waals surface area contributed by atoms with Crippen molar-refractivity contribution < 1.29 is 4.21 Å². The van der Waals surface area contributed by atoms with Crippen molar-refractivity contribution in [2.45, 2.75) is 25.8 Å². The number of hydrogen-bond acceptors (Lipinski definition) is 2. The monoisotopic (exact) mass is 331 g/mol. The zero-order valence-corrected chi connectivity index (χ0v) is 15.9. The summed E-state index contributed by atoms with van der Waals surface area (Å²) in [4.78, 5) is 0. The molecule has 0 atom stereocenters. The van der Waals surface area contributed by atoms with Crippen LogP contribution >= 0.6 is 0 Å². The van der Waals surface area contributed by atoms with Crippen molar-refractivity contribution in [3.05, 3.63) is 60.7 Å². The molecule has 0 spiro atoms. The third kappa shape index (κ3) is 3.33. The molecule has 0 aliphatic heterocycles. The first-order valence-corrected chi connectivity index (χ1v) is 11.7. The molecule has 0 radical (unpaired) electrons. The lowest BCUT2D eigenvalue weighted by Crippen LogP contribution is -2.63. The highest BCUT2D eigenvalue weighted by Crippen LogP contribution is 2.37. The molecule has 0 bridgehead atoms. The Morgan fingerprint density at radius 2 is 1.18 bits per heavy atom. The maximum Gasteiger partial charge on any atom is 0.259 e. The van der Waals surface area contributed by atoms with Crippen LogP contribution in [-0.4, -0.2) is 25.0 Å². The molecule has 0 heterocycles. The van der Waals surface area contributed by atoms with Gasteiger partial charge in [0.15, 0.2) is 0 Å². The molecule has 0 aliphatic rings. The van der Waals surface area contributed by atoms with Crippen molar-refractivity contribution in [1.82, 2.24) is 0 Å². The summed E-state index contributed by atoms with van der Waals surface area (Å²) in [6.45, 7) is 6.65. The van der Waals surface area contributed by atoms with Gasteiger partial charge in [-0.25, -0.2) is 0 Å². The van der Waals surface area contributed by atoms with Gasteiger partial charge in [-0.2, -0.15) is 0 Å². The van der Waals surface area contributed by atoms with Crippen LogP contribution in [-0.2, 0) is 9.73 Å². The Kier molecular flexibility index (Phi) is 4.64. The van der Waals surface area contributed by atoms with Crippen LogP contribution in [0.15, 0.2) is 64.7 Å². The van der Waals surface area contributed by atoms with Crippen LogP contribution in [0.1, 0.15) is 20.8 Å². The van der Waals surface area contributed by atoms with Crippen molar-refractivity contribution in [2.24, 2.45) is 4.03 Å². The first-order valence-electron chi connectivity index (χ1n) is 7.46. The molecular formula is C18H25NOSSi. The van der Waals surface area contributed by atoms with Gasteiger partial charge in [-0.15, -0.1) is 0 Å². The van der Waals surface area contributed by atoms with Gasteiger partial charge in [0.25, 0.3) is 8.24 Å². The fourth-order valence-corrected chi connectivity index (χ4v) is 11.0. The minimum Gasteiger partial charge on any atom is -0.266 e. The standard InChI is InChI=1S/C18H25NOSSi/c1-18(2,3)22(19-21(4,5)20,16-12-8-6-9-13-16)17-14-10-7-11-15-17/h6-15H,1-5H3. The van der Waals surface area contributed by atoms with E-state index in [0.29, 0.717) is 0 Å². The second-order valence-electron chi connectivity index (χ2n) is 6.97. The maximum absolute atomic E-state index is 12.7. The van der Waals surface area contributed by atoms with Crippen LogP contribution in [0.25, 0.3) is 0 Å². The number of benzene rings is 2. The van der Waals surface area contributed by atoms with Crippen LogP contribution in [0.2, 0.25) is 5.04 Å². The summed E-state index contributed by atoms with van der Waals surface area (Å²) in [5, 5.41) is 2.35. The minimum atomic E-state index is -2.54. The zero-order chi connectivity index (χ0) is 16.4. The highest BCUT2D eigenvalue weighted by atomic mass is 32.2. The second kappa shape index (κ2) is 6.01. The van der Waals surface area contributed by atoms with E-state index in [1.165, 1.54) is 10.4 Å². The van der Waals surface area contributed by atoms with E-state index in [0.717, 1.165) is 0 Å². The summed E-state index contributed by atoms with van der Waals surface area (Å²) in [5.74, 6) is 0. The Bertz CT molecular complexity index is 694. The van der Waals surface area contributed by atoms with Gasteiger partial charge in [0.1, 0.15) is 0 Å². The third-order valence-corrected chi connectivity index (χ3v) is 11.2. The number of hydrogen-bond donors (Lipinski definition) is 0. The lowest BCUT2D eigenvalue weighted by atomic mass is 10.2. The molecule has 0 fully saturated rings. The van der Waals surface area contributed by atoms with Crippen molar-refractivity contribution in [2.75, 3.05) is 12.5 Å². The predicted octanol–water partition coefficient (Wildman–Crippen LogP) is 3.27. The number of rotatable bonds is 3. The molecule has 4 heteroatoms. The van der Waals surface area contributed by atoms with Crippen LogP contribution in [0.4, 0.5) is 0 Å². The third-order valence-electron chi connectivity index (χ3n) is 3.83. The van der Waals surface area contributed by atoms with Crippen molar-refractivity contribution in [1.29, 1.82) is 0 Å². The highest BCUT2D eigenvalue weighted by Gasteiger charge is 2.49. The van der Waals surface area contributed by atoms with Crippen molar-refractivity contribution in [3.63, 3.8) is 0 Å². The Balaban J connectivity index is 2.92. The van der Waals surface area contributed by atoms with Crippen LogP contribution in [0.3, 0.4) is 0 Å². The molecule has 2 rings (SSSR count). The molecule has 0 saturated heterocycles. The maximum atomic E-state index is 12.7. The predicted molar refractivity (Wildman–Crippen MR) is 100 cm³/mol. The molecule has 118 valence electrons. The molecule has 0 unspecified atom stereocenters. The molecule has 0 saturated carbocycles. The normalized spacial score (nSPS) is 13.0. The van der Waals surface area contributed by atoms with Gasteiger partial charge < -0.3 is 0 Å². The van der Waals surface area contributed by atoms with E-state index in [1.54, 1.807) is 12.5 Å². The average Bonchev–Trinajstić information content (AvgIpc) is 2.44. The molecule has 0 aliphatic carbocycles. The molecule has 0 N–H and O–H groups in total. The smallest absolute Gasteiger partial charge is 0.259 e. The molecule has 0 amide bonds. The van der Waals surface area contributed by atoms with Gasteiger partial charge in [-0.05, 0) is 15.4 Å². The first kappa shape index (κ1) is 17.0. The first-order chi connectivity index (χ1) is 10.2. The Morgan fingerprint density at radius 1 is 0.818 bits per heavy atom. The van der Waals surface area contributed by atoms with E-state index < -0.39 is 18.0 Å². The summed E-state index contributed by atoms with van der Waals surface area (Å²) in [5.41, 5.74) is 0. The zero-order valence-electron chi connectivity index (χ0n) is 14.0. The van der Waals surface area contributed by atoms with Crippen LogP contribution in [0, 0.1) is 0 Å². The fraction of sp³-hybridized carbons (Fsp3) is 0.333. The van der Waals surface area contributed by atoms with Gasteiger partial charge in [0.2, 0.25) is 0 Å². The van der Waals surface area contributed by atoms with E-state index in [2.05, 4.69) is 69.3 Å². The molecule has 22 heavy (non-hydrogen) atoms. The molecule has 2 aromatic carbocycles. The van der Waals surface area contributed by atoms with E-state index in [1.807, 2.05) is 12.1 Å². The molecule has 0 aromatic heterocycles. The summed E-state index contributed by atoms with van der Waals surface area (Å²) >= 11 is 0. The largest absolute Gasteiger partial charge is 0.266 e. The van der Waals surface area contributed by atoms with Crippen LogP contribution < -0.4 is 10.4 Å². The van der Waals surface area contributed by atoms with Crippen molar-refractivity contribution >= 4 is 28.3 Å². The summed E-state index contributed by atoms with van der Waals surface area (Å²) < 4.78 is 17.7. The summed E-state index contributed by atoms with van der Waals surface area (Å²) in [7, 11) is -4.76. The molecular weight excluding hydrogens is 306 g/mol. The van der Waals surface area contributed by atoms with E-state index in [-0.39, 0.29) is 5.04 Å². The van der Waals surface area contributed by atoms with Gasteiger partial charge in [0.05, 0.1) is 0 Å². The molecule has 2 aromatic rings. The Hall–Kier alpha value is -1.39. The summed E-state index contributed by atoms with van der Waals surface area (Å²) in [6.07, 6.45) is 3.48. The topological polar surface area (TPSA) is 29.4 Å². The lowest BCUT2D eigenvalue weighted by molar-refractivity contribution is 0.683. The van der Waals surface area contributed by atoms with Gasteiger partial charge >= 0.3 is 0 Å². The molecule has 2 nitrogen and oxygen atoms in total. The average molecular weight is 332 g/mol. The Morgan fingerprint density at radius 3 is 1.45 bits per heavy atom. The second-order valence-corrected chi connectivity index (χ2v) is 14.1. The van der Waals surface area contributed by atoms with Gasteiger partial charge in [-0.3, -0.25) is 8.24 Å². The lowest BCUT2D eigenvalue weighted by Gasteiger charge is -2.40. The van der Waals surface area contributed by atoms with Gasteiger partial charge in [-0.1, -0.05) is 81.4 Å². The highest BCUT2D eigenvalue weighted by molar-refractivity contribution is 7.93. The minimum absolute atomic E-state index is 0.0790. The Labute approximate surface area is 135 Å². The van der Waals surface area contributed by atoms with Gasteiger partial charge in [0, 0.05) is 22.2 Å². The van der Waals surface area contributed by atoms with E-state index in [4.69, 9.17) is 4.03 Å². The summed E-state index contributed by atoms with van der Waals surface area (Å²) in [6, 6.07) is 20.8. The van der Waals surface area contributed by atoms with E-state index in [9.17, 15) is 4.21 Å².